The number of aromatic carboxylic acids is 1. The van der Waals surface area contributed by atoms with Crippen molar-refractivity contribution in [3.63, 3.8) is 0 Å². The maximum Gasteiger partial charge on any atom is 0.335 e. The van der Waals surface area contributed by atoms with Crippen LogP contribution in [-0.2, 0) is 4.74 Å². The standard InChI is InChI=1S/C23H28N4O3.ClH/c1-14(24)27-8-6-15(7-9-27)21(30-2)19-11-18(12-20(13-19)23(28)29)16-4-3-5-17(10-16)22(25)26;/h3-5,10-13,15,21,24H,6-9H2,1-2H3,(H3,25,26)(H,28,29);1H. The van der Waals surface area contributed by atoms with Crippen molar-refractivity contribution >= 4 is 30.0 Å². The number of ether oxygens (including phenoxy) is 1. The molecule has 1 aliphatic rings. The quantitative estimate of drug-likeness (QED) is 0.393. The van der Waals surface area contributed by atoms with Gasteiger partial charge in [0.2, 0.25) is 0 Å². The van der Waals surface area contributed by atoms with Crippen LogP contribution < -0.4 is 5.73 Å². The zero-order valence-corrected chi connectivity index (χ0v) is 18.5. The monoisotopic (exact) mass is 444 g/mol. The van der Waals surface area contributed by atoms with Gasteiger partial charge in [-0.05, 0) is 66.6 Å². The average Bonchev–Trinajstić information content (AvgIpc) is 2.74. The molecule has 0 spiro atoms. The Bertz CT molecular complexity index is 971. The highest BCUT2D eigenvalue weighted by Crippen LogP contribution is 2.36. The molecule has 31 heavy (non-hydrogen) atoms. The number of benzene rings is 2. The second kappa shape index (κ2) is 10.4. The molecule has 1 aliphatic heterocycles. The predicted octanol–water partition coefficient (Wildman–Crippen LogP) is 4.15. The number of nitrogens with zero attached hydrogens (tertiary/aromatic N) is 1. The number of carboxylic acids is 1. The van der Waals surface area contributed by atoms with Crippen molar-refractivity contribution in [2.45, 2.75) is 25.9 Å². The minimum atomic E-state index is -0.995. The molecule has 1 atom stereocenters. The van der Waals surface area contributed by atoms with Gasteiger partial charge in [0.15, 0.2) is 0 Å². The first-order chi connectivity index (χ1) is 14.3. The van der Waals surface area contributed by atoms with E-state index < -0.39 is 5.97 Å². The highest BCUT2D eigenvalue weighted by atomic mass is 35.5. The van der Waals surface area contributed by atoms with Crippen molar-refractivity contribution in [2.75, 3.05) is 20.2 Å². The number of amidine groups is 2. The summed E-state index contributed by atoms with van der Waals surface area (Å²) in [5, 5.41) is 25.2. The van der Waals surface area contributed by atoms with Crippen molar-refractivity contribution < 1.29 is 14.6 Å². The molecule has 0 bridgehead atoms. The number of nitrogen functional groups attached to an aromatic ring is 1. The third-order valence-electron chi connectivity index (χ3n) is 5.73. The summed E-state index contributed by atoms with van der Waals surface area (Å²) in [5.41, 5.74) is 8.79. The lowest BCUT2D eigenvalue weighted by Crippen LogP contribution is -2.38. The van der Waals surface area contributed by atoms with Crippen LogP contribution >= 0.6 is 12.4 Å². The molecule has 2 aromatic carbocycles. The fraction of sp³-hybridized carbons (Fsp3) is 0.348. The molecule has 0 aromatic heterocycles. The van der Waals surface area contributed by atoms with E-state index in [1.165, 1.54) is 0 Å². The SMILES string of the molecule is COC(c1cc(C(=O)O)cc(-c2cccc(C(=N)N)c2)c1)C1CCN(C(C)=N)CC1.Cl. The molecule has 7 nitrogen and oxygen atoms in total. The van der Waals surface area contributed by atoms with Gasteiger partial charge in [0.25, 0.3) is 0 Å². The molecule has 1 heterocycles. The lowest BCUT2D eigenvalue weighted by molar-refractivity contribution is 0.0288. The smallest absolute Gasteiger partial charge is 0.335 e. The lowest BCUT2D eigenvalue weighted by atomic mass is 9.85. The predicted molar refractivity (Wildman–Crippen MR) is 125 cm³/mol. The number of hydrogen-bond acceptors (Lipinski definition) is 4. The molecule has 8 heteroatoms. The second-order valence-electron chi connectivity index (χ2n) is 7.71. The average molecular weight is 445 g/mol. The van der Waals surface area contributed by atoms with Crippen LogP contribution in [0, 0.1) is 16.7 Å². The Labute approximate surface area is 188 Å². The summed E-state index contributed by atoms with van der Waals surface area (Å²) in [6.07, 6.45) is 1.52. The summed E-state index contributed by atoms with van der Waals surface area (Å²) in [6.45, 7) is 3.39. The molecule has 1 unspecified atom stereocenters. The number of hydrogen-bond donors (Lipinski definition) is 4. The van der Waals surface area contributed by atoms with Crippen molar-refractivity contribution in [1.82, 2.24) is 4.90 Å². The number of nitrogens with one attached hydrogen (secondary N) is 2. The van der Waals surface area contributed by atoms with Crippen molar-refractivity contribution in [3.05, 3.63) is 59.2 Å². The molecule has 0 amide bonds. The number of carboxylic acid groups (broad SMARTS) is 1. The molecule has 0 saturated carbocycles. The summed E-state index contributed by atoms with van der Waals surface area (Å²) in [7, 11) is 1.66. The summed E-state index contributed by atoms with van der Waals surface area (Å²) < 4.78 is 5.84. The molecule has 2 aromatic rings. The number of methoxy groups -OCH3 is 1. The first kappa shape index (κ1) is 24.4. The molecule has 166 valence electrons. The molecule has 1 saturated heterocycles. The van der Waals surface area contributed by atoms with Crippen molar-refractivity contribution in [3.8, 4) is 11.1 Å². The molecule has 0 radical (unpaired) electrons. The summed E-state index contributed by atoms with van der Waals surface area (Å²) in [5.74, 6) is -0.214. The van der Waals surface area contributed by atoms with E-state index in [9.17, 15) is 9.90 Å². The second-order valence-corrected chi connectivity index (χ2v) is 7.71. The van der Waals surface area contributed by atoms with E-state index in [0.717, 1.165) is 42.6 Å². The number of halogens is 1. The number of rotatable bonds is 6. The molecule has 3 rings (SSSR count). The van der Waals surface area contributed by atoms with Crippen molar-refractivity contribution in [2.24, 2.45) is 11.7 Å². The van der Waals surface area contributed by atoms with Gasteiger partial charge >= 0.3 is 5.97 Å². The van der Waals surface area contributed by atoms with Gasteiger partial charge in [-0.1, -0.05) is 18.2 Å². The van der Waals surface area contributed by atoms with Crippen molar-refractivity contribution in [1.29, 1.82) is 10.8 Å². The van der Waals surface area contributed by atoms with Crippen LogP contribution in [0.4, 0.5) is 0 Å². The summed E-state index contributed by atoms with van der Waals surface area (Å²) >= 11 is 0. The maximum absolute atomic E-state index is 11.8. The van der Waals surface area contributed by atoms with E-state index in [1.54, 1.807) is 38.3 Å². The van der Waals surface area contributed by atoms with Crippen LogP contribution in [0.2, 0.25) is 0 Å². The van der Waals surface area contributed by atoms with Gasteiger partial charge in [0.05, 0.1) is 17.5 Å². The van der Waals surface area contributed by atoms with Gasteiger partial charge in [-0.25, -0.2) is 4.79 Å². The largest absolute Gasteiger partial charge is 0.478 e. The number of likely N-dealkylation sites (tertiary alicyclic amines) is 1. The number of piperidine rings is 1. The Hall–Kier alpha value is -2.90. The Kier molecular flexibility index (Phi) is 8.19. The summed E-state index contributed by atoms with van der Waals surface area (Å²) in [6, 6.07) is 12.5. The van der Waals surface area contributed by atoms with E-state index in [0.29, 0.717) is 11.4 Å². The van der Waals surface area contributed by atoms with Gasteiger partial charge in [-0.15, -0.1) is 12.4 Å². The van der Waals surface area contributed by atoms with Crippen LogP contribution in [-0.4, -0.2) is 47.8 Å². The van der Waals surface area contributed by atoms with E-state index in [4.69, 9.17) is 21.3 Å². The summed E-state index contributed by atoms with van der Waals surface area (Å²) in [4.78, 5) is 13.8. The van der Waals surface area contributed by atoms with Gasteiger partial charge < -0.3 is 20.5 Å². The molecule has 1 fully saturated rings. The topological polar surface area (TPSA) is 123 Å². The first-order valence-electron chi connectivity index (χ1n) is 9.96. The van der Waals surface area contributed by atoms with Gasteiger partial charge in [-0.2, -0.15) is 0 Å². The minimum Gasteiger partial charge on any atom is -0.478 e. The van der Waals surface area contributed by atoms with Crippen LogP contribution in [0.15, 0.2) is 42.5 Å². The van der Waals surface area contributed by atoms with E-state index in [2.05, 4.69) is 4.90 Å². The third kappa shape index (κ3) is 5.62. The lowest BCUT2D eigenvalue weighted by Gasteiger charge is -2.36. The van der Waals surface area contributed by atoms with Crippen LogP contribution in [0.3, 0.4) is 0 Å². The normalized spacial score (nSPS) is 15.1. The molecular formula is C23H29ClN4O3. The van der Waals surface area contributed by atoms with Crippen LogP contribution in [0.25, 0.3) is 11.1 Å². The number of nitrogens with two attached hydrogens (primary N) is 1. The Balaban J connectivity index is 0.00000341. The van der Waals surface area contributed by atoms with E-state index in [-0.39, 0.29) is 35.8 Å². The molecular weight excluding hydrogens is 416 g/mol. The maximum atomic E-state index is 11.8. The molecule has 5 N–H and O–H groups in total. The fourth-order valence-electron chi connectivity index (χ4n) is 4.11. The van der Waals surface area contributed by atoms with Gasteiger partial charge in [0, 0.05) is 25.8 Å². The molecule has 0 aliphatic carbocycles. The third-order valence-corrected chi connectivity index (χ3v) is 5.73. The first-order valence-corrected chi connectivity index (χ1v) is 9.96. The van der Waals surface area contributed by atoms with Crippen LogP contribution in [0.1, 0.15) is 47.4 Å². The highest BCUT2D eigenvalue weighted by molar-refractivity contribution is 5.96. The van der Waals surface area contributed by atoms with Gasteiger partial charge in [-0.3, -0.25) is 10.8 Å². The van der Waals surface area contributed by atoms with E-state index in [1.807, 2.05) is 18.2 Å². The Morgan fingerprint density at radius 1 is 1.13 bits per heavy atom. The Morgan fingerprint density at radius 2 is 1.77 bits per heavy atom. The zero-order chi connectivity index (χ0) is 21.8. The van der Waals surface area contributed by atoms with Gasteiger partial charge in [0.1, 0.15) is 5.84 Å². The highest BCUT2D eigenvalue weighted by Gasteiger charge is 2.29. The fourth-order valence-corrected chi connectivity index (χ4v) is 4.11. The van der Waals surface area contributed by atoms with E-state index >= 15 is 0 Å². The zero-order valence-electron chi connectivity index (χ0n) is 17.7. The Morgan fingerprint density at radius 3 is 2.32 bits per heavy atom. The minimum absolute atomic E-state index is 0. The van der Waals surface area contributed by atoms with Crippen LogP contribution in [0.5, 0.6) is 0 Å². The number of carbonyl (C=O) groups is 1.